The molecular weight excluding hydrogens is 349 g/mol. The van der Waals surface area contributed by atoms with Gasteiger partial charge in [0.25, 0.3) is 5.91 Å². The highest BCUT2D eigenvalue weighted by Crippen LogP contribution is 2.29. The van der Waals surface area contributed by atoms with Crippen molar-refractivity contribution in [3.63, 3.8) is 0 Å². The highest BCUT2D eigenvalue weighted by atomic mass is 19.1. The van der Waals surface area contributed by atoms with Gasteiger partial charge in [-0.2, -0.15) is 5.26 Å². The summed E-state index contributed by atoms with van der Waals surface area (Å²) >= 11 is 0. The van der Waals surface area contributed by atoms with Crippen molar-refractivity contribution in [1.82, 2.24) is 5.32 Å². The molecule has 27 heavy (non-hydrogen) atoms. The van der Waals surface area contributed by atoms with Crippen LogP contribution in [-0.4, -0.2) is 20.1 Å². The van der Waals surface area contributed by atoms with Crippen LogP contribution in [0.2, 0.25) is 0 Å². The molecule has 2 rings (SSSR count). The van der Waals surface area contributed by atoms with Crippen LogP contribution in [0.4, 0.5) is 10.1 Å². The smallest absolute Gasteiger partial charge is 0.263 e. The van der Waals surface area contributed by atoms with Crippen LogP contribution in [0, 0.1) is 17.1 Å². The van der Waals surface area contributed by atoms with Crippen LogP contribution in [-0.2, 0) is 4.79 Å². The predicted molar refractivity (Wildman–Crippen MR) is 99.8 cm³/mol. The quantitative estimate of drug-likeness (QED) is 0.576. The lowest BCUT2D eigenvalue weighted by atomic mass is 10.1. The van der Waals surface area contributed by atoms with Crippen LogP contribution in [0.3, 0.4) is 0 Å². The fraction of sp³-hybridized carbons (Fsp3) is 0.200. The lowest BCUT2D eigenvalue weighted by molar-refractivity contribution is -0.117. The molecule has 0 radical (unpaired) electrons. The van der Waals surface area contributed by atoms with Crippen LogP contribution in [0.1, 0.15) is 18.5 Å². The summed E-state index contributed by atoms with van der Waals surface area (Å²) in [5.74, 6) is 0.0496. The van der Waals surface area contributed by atoms with Crippen LogP contribution < -0.4 is 20.1 Å². The molecule has 0 aliphatic carbocycles. The summed E-state index contributed by atoms with van der Waals surface area (Å²) in [4.78, 5) is 12.4. The second kappa shape index (κ2) is 9.25. The Hall–Kier alpha value is -3.53. The molecule has 0 fully saturated rings. The van der Waals surface area contributed by atoms with E-state index in [0.717, 1.165) is 5.56 Å². The van der Waals surface area contributed by atoms with E-state index in [1.165, 1.54) is 32.6 Å². The van der Waals surface area contributed by atoms with Crippen molar-refractivity contribution in [2.45, 2.75) is 13.0 Å². The van der Waals surface area contributed by atoms with Crippen molar-refractivity contribution in [3.05, 3.63) is 65.6 Å². The number of nitriles is 1. The molecule has 7 heteroatoms. The normalized spacial score (nSPS) is 11.9. The summed E-state index contributed by atoms with van der Waals surface area (Å²) in [5, 5.41) is 14.6. The van der Waals surface area contributed by atoms with Crippen molar-refractivity contribution in [1.29, 1.82) is 5.26 Å². The van der Waals surface area contributed by atoms with Gasteiger partial charge in [0.15, 0.2) is 11.5 Å². The molecule has 2 N–H and O–H groups in total. The number of hydrogen-bond acceptors (Lipinski definition) is 5. The van der Waals surface area contributed by atoms with Gasteiger partial charge in [-0.3, -0.25) is 4.79 Å². The van der Waals surface area contributed by atoms with Crippen molar-refractivity contribution >= 4 is 11.6 Å². The van der Waals surface area contributed by atoms with Gasteiger partial charge in [-0.25, -0.2) is 4.39 Å². The fourth-order valence-corrected chi connectivity index (χ4v) is 2.36. The minimum atomic E-state index is -0.580. The molecule has 2 aromatic carbocycles. The number of ether oxygens (including phenoxy) is 2. The van der Waals surface area contributed by atoms with Crippen molar-refractivity contribution in [2.75, 3.05) is 19.5 Å². The largest absolute Gasteiger partial charge is 0.493 e. The number of carbonyl (C=O) groups excluding carboxylic acids is 1. The molecule has 0 saturated carbocycles. The Labute approximate surface area is 157 Å². The lowest BCUT2D eigenvalue weighted by Crippen LogP contribution is -2.28. The number of nitrogens with one attached hydrogen (secondary N) is 2. The number of benzene rings is 2. The van der Waals surface area contributed by atoms with Gasteiger partial charge in [-0.15, -0.1) is 0 Å². The van der Waals surface area contributed by atoms with Crippen molar-refractivity contribution in [3.8, 4) is 17.6 Å². The monoisotopic (exact) mass is 369 g/mol. The zero-order valence-corrected chi connectivity index (χ0v) is 15.2. The Kier molecular flexibility index (Phi) is 6.78. The Morgan fingerprint density at radius 2 is 1.89 bits per heavy atom. The maximum Gasteiger partial charge on any atom is 0.263 e. The number of hydrogen-bond donors (Lipinski definition) is 2. The number of rotatable bonds is 7. The summed E-state index contributed by atoms with van der Waals surface area (Å²) in [6, 6.07) is 12.7. The molecule has 140 valence electrons. The van der Waals surface area contributed by atoms with Crippen molar-refractivity contribution in [2.24, 2.45) is 0 Å². The van der Waals surface area contributed by atoms with E-state index in [1.54, 1.807) is 37.3 Å². The Balaban J connectivity index is 2.11. The zero-order chi connectivity index (χ0) is 19.8. The average molecular weight is 369 g/mol. The van der Waals surface area contributed by atoms with Crippen LogP contribution in [0.25, 0.3) is 0 Å². The first-order valence-electron chi connectivity index (χ1n) is 8.14. The third kappa shape index (κ3) is 4.98. The van der Waals surface area contributed by atoms with E-state index in [1.807, 2.05) is 6.07 Å². The summed E-state index contributed by atoms with van der Waals surface area (Å²) in [6.45, 7) is 1.78. The van der Waals surface area contributed by atoms with Crippen molar-refractivity contribution < 1.29 is 18.7 Å². The summed E-state index contributed by atoms with van der Waals surface area (Å²) in [7, 11) is 3.06. The minimum Gasteiger partial charge on any atom is -0.493 e. The van der Waals surface area contributed by atoms with E-state index in [0.29, 0.717) is 11.5 Å². The molecular formula is C20H20FN3O3. The fourth-order valence-electron chi connectivity index (χ4n) is 2.36. The second-order valence-corrected chi connectivity index (χ2v) is 5.60. The van der Waals surface area contributed by atoms with Gasteiger partial charge in [-0.05, 0) is 36.8 Å². The molecule has 6 nitrogen and oxygen atoms in total. The number of nitrogens with zero attached hydrogens (tertiary/aromatic N) is 1. The molecule has 0 aliphatic heterocycles. The molecule has 0 aromatic heterocycles. The number of methoxy groups -OCH3 is 2. The van der Waals surface area contributed by atoms with Gasteiger partial charge in [0.05, 0.1) is 25.9 Å². The number of para-hydroxylation sites is 1. The summed E-state index contributed by atoms with van der Waals surface area (Å²) < 4.78 is 24.1. The number of halogens is 1. The molecule has 0 saturated heterocycles. The average Bonchev–Trinajstić information content (AvgIpc) is 2.69. The van der Waals surface area contributed by atoms with E-state index in [-0.39, 0.29) is 17.3 Å². The van der Waals surface area contributed by atoms with Crippen LogP contribution in [0.5, 0.6) is 11.5 Å². The molecule has 1 amide bonds. The molecule has 2 aromatic rings. The molecule has 1 atom stereocenters. The van der Waals surface area contributed by atoms with E-state index < -0.39 is 11.7 Å². The van der Waals surface area contributed by atoms with E-state index in [9.17, 15) is 14.4 Å². The molecule has 0 heterocycles. The van der Waals surface area contributed by atoms with Gasteiger partial charge < -0.3 is 20.1 Å². The molecule has 0 bridgehead atoms. The highest BCUT2D eigenvalue weighted by molar-refractivity contribution is 5.97. The van der Waals surface area contributed by atoms with Crippen LogP contribution >= 0.6 is 0 Å². The number of carbonyl (C=O) groups is 1. The highest BCUT2D eigenvalue weighted by Gasteiger charge is 2.16. The number of anilines is 1. The Bertz CT molecular complexity index is 890. The molecule has 1 unspecified atom stereocenters. The first kappa shape index (κ1) is 19.8. The van der Waals surface area contributed by atoms with E-state index >= 15 is 0 Å². The first-order valence-corrected chi connectivity index (χ1v) is 8.14. The van der Waals surface area contributed by atoms with E-state index in [4.69, 9.17) is 9.47 Å². The molecule has 0 spiro atoms. The van der Waals surface area contributed by atoms with Gasteiger partial charge in [0.2, 0.25) is 0 Å². The molecule has 0 aliphatic rings. The predicted octanol–water partition coefficient (Wildman–Crippen LogP) is 3.54. The van der Waals surface area contributed by atoms with Gasteiger partial charge in [-0.1, -0.05) is 18.2 Å². The Morgan fingerprint density at radius 3 is 2.52 bits per heavy atom. The first-order chi connectivity index (χ1) is 13.0. The van der Waals surface area contributed by atoms with Gasteiger partial charge in [0, 0.05) is 6.20 Å². The number of amides is 1. The van der Waals surface area contributed by atoms with Crippen LogP contribution in [0.15, 0.2) is 54.2 Å². The minimum absolute atomic E-state index is 0.172. The van der Waals surface area contributed by atoms with Gasteiger partial charge >= 0.3 is 0 Å². The summed E-state index contributed by atoms with van der Waals surface area (Å²) in [5.41, 5.74) is 0.775. The maximum atomic E-state index is 13.6. The topological polar surface area (TPSA) is 83.4 Å². The third-order valence-corrected chi connectivity index (χ3v) is 3.87. The second-order valence-electron chi connectivity index (χ2n) is 5.60. The Morgan fingerprint density at radius 1 is 1.19 bits per heavy atom. The maximum absolute atomic E-state index is 13.6. The summed E-state index contributed by atoms with van der Waals surface area (Å²) in [6.07, 6.45) is 1.18. The third-order valence-electron chi connectivity index (χ3n) is 3.87. The standard InChI is InChI=1S/C20H20FN3O3/c1-13(14-8-9-18(26-2)19(10-14)27-3)24-20(25)15(11-22)12-23-17-7-5-4-6-16(17)21/h4-10,12-13,23H,1-3H3,(H,24,25)/b15-12-. The lowest BCUT2D eigenvalue weighted by Gasteiger charge is -2.16. The SMILES string of the molecule is COc1ccc(C(C)NC(=O)/C(C#N)=C\Nc2ccccc2F)cc1OC. The van der Waals surface area contributed by atoms with E-state index in [2.05, 4.69) is 10.6 Å². The zero-order valence-electron chi connectivity index (χ0n) is 15.2. The van der Waals surface area contributed by atoms with Gasteiger partial charge in [0.1, 0.15) is 17.5 Å².